The number of hydrogen-bond acceptors (Lipinski definition) is 2. The standard InChI is InChI=1S/C18H22BrNO/c1-14(2)20-12-18(16-9-6-10-17(19)11-16)21-13-15-7-4-3-5-8-15/h3-11,14,18,20H,12-13H2,1-2H3. The molecule has 0 saturated carbocycles. The average Bonchev–Trinajstić information content (AvgIpc) is 2.48. The number of rotatable bonds is 7. The molecule has 21 heavy (non-hydrogen) atoms. The smallest absolute Gasteiger partial charge is 0.0954 e. The third kappa shape index (κ3) is 5.62. The lowest BCUT2D eigenvalue weighted by molar-refractivity contribution is 0.0386. The first kappa shape index (κ1) is 16.2. The summed E-state index contributed by atoms with van der Waals surface area (Å²) in [6.07, 6.45) is 0.0464. The van der Waals surface area contributed by atoms with Crippen LogP contribution in [0.4, 0.5) is 0 Å². The van der Waals surface area contributed by atoms with Gasteiger partial charge in [-0.05, 0) is 23.3 Å². The molecule has 1 atom stereocenters. The molecule has 0 bridgehead atoms. The summed E-state index contributed by atoms with van der Waals surface area (Å²) in [5.41, 5.74) is 2.38. The Hall–Kier alpha value is -1.16. The highest BCUT2D eigenvalue weighted by Gasteiger charge is 2.13. The van der Waals surface area contributed by atoms with Crippen molar-refractivity contribution in [3.63, 3.8) is 0 Å². The van der Waals surface area contributed by atoms with Crippen molar-refractivity contribution in [3.05, 3.63) is 70.2 Å². The maximum absolute atomic E-state index is 6.14. The van der Waals surface area contributed by atoms with Crippen molar-refractivity contribution in [1.82, 2.24) is 5.32 Å². The van der Waals surface area contributed by atoms with Crippen molar-refractivity contribution in [3.8, 4) is 0 Å². The second kappa shape index (κ2) is 8.32. The lowest BCUT2D eigenvalue weighted by atomic mass is 10.1. The predicted octanol–water partition coefficient (Wildman–Crippen LogP) is 4.71. The molecular formula is C18H22BrNO. The number of ether oxygens (including phenoxy) is 1. The third-order valence-corrected chi connectivity index (χ3v) is 3.72. The van der Waals surface area contributed by atoms with Gasteiger partial charge in [0.15, 0.2) is 0 Å². The molecule has 0 aromatic heterocycles. The first-order valence-corrected chi connectivity index (χ1v) is 8.09. The molecule has 3 heteroatoms. The summed E-state index contributed by atoms with van der Waals surface area (Å²) >= 11 is 3.53. The Morgan fingerprint density at radius 3 is 2.48 bits per heavy atom. The molecule has 0 aliphatic heterocycles. The topological polar surface area (TPSA) is 21.3 Å². The third-order valence-electron chi connectivity index (χ3n) is 3.23. The lowest BCUT2D eigenvalue weighted by Gasteiger charge is -2.21. The molecule has 0 fully saturated rings. The van der Waals surface area contributed by atoms with Crippen LogP contribution in [0.5, 0.6) is 0 Å². The van der Waals surface area contributed by atoms with Crippen LogP contribution in [0, 0.1) is 0 Å². The maximum atomic E-state index is 6.14. The lowest BCUT2D eigenvalue weighted by Crippen LogP contribution is -2.29. The van der Waals surface area contributed by atoms with E-state index in [4.69, 9.17) is 4.74 Å². The van der Waals surface area contributed by atoms with Gasteiger partial charge in [-0.1, -0.05) is 72.2 Å². The highest BCUT2D eigenvalue weighted by molar-refractivity contribution is 9.10. The van der Waals surface area contributed by atoms with Gasteiger partial charge >= 0.3 is 0 Å². The molecule has 1 unspecified atom stereocenters. The van der Waals surface area contributed by atoms with Gasteiger partial charge in [0.2, 0.25) is 0 Å². The van der Waals surface area contributed by atoms with E-state index in [0.29, 0.717) is 12.6 Å². The van der Waals surface area contributed by atoms with E-state index < -0.39 is 0 Å². The minimum atomic E-state index is 0.0464. The molecule has 0 aliphatic carbocycles. The zero-order chi connectivity index (χ0) is 15.1. The van der Waals surface area contributed by atoms with E-state index >= 15 is 0 Å². The molecule has 2 aromatic carbocycles. The number of hydrogen-bond donors (Lipinski definition) is 1. The Labute approximate surface area is 135 Å². The predicted molar refractivity (Wildman–Crippen MR) is 91.3 cm³/mol. The highest BCUT2D eigenvalue weighted by atomic mass is 79.9. The first-order valence-electron chi connectivity index (χ1n) is 7.29. The fourth-order valence-corrected chi connectivity index (χ4v) is 2.51. The normalized spacial score (nSPS) is 12.6. The van der Waals surface area contributed by atoms with Crippen molar-refractivity contribution in [2.75, 3.05) is 6.54 Å². The molecule has 0 radical (unpaired) electrons. The van der Waals surface area contributed by atoms with Crippen LogP contribution >= 0.6 is 15.9 Å². The number of halogens is 1. The summed E-state index contributed by atoms with van der Waals surface area (Å²) in [4.78, 5) is 0. The maximum Gasteiger partial charge on any atom is 0.0954 e. The molecule has 0 spiro atoms. The molecule has 2 aromatic rings. The van der Waals surface area contributed by atoms with Crippen LogP contribution in [0.25, 0.3) is 0 Å². The fourth-order valence-electron chi connectivity index (χ4n) is 2.09. The summed E-state index contributed by atoms with van der Waals surface area (Å²) in [6, 6.07) is 19.1. The van der Waals surface area contributed by atoms with E-state index in [2.05, 4.69) is 59.4 Å². The molecular weight excluding hydrogens is 326 g/mol. The van der Waals surface area contributed by atoms with Crippen LogP contribution in [-0.4, -0.2) is 12.6 Å². The zero-order valence-corrected chi connectivity index (χ0v) is 14.1. The highest BCUT2D eigenvalue weighted by Crippen LogP contribution is 2.22. The van der Waals surface area contributed by atoms with E-state index in [-0.39, 0.29) is 6.10 Å². The van der Waals surface area contributed by atoms with E-state index in [0.717, 1.165) is 11.0 Å². The zero-order valence-electron chi connectivity index (χ0n) is 12.6. The molecule has 0 heterocycles. The minimum absolute atomic E-state index is 0.0464. The van der Waals surface area contributed by atoms with Gasteiger partial charge in [-0.15, -0.1) is 0 Å². The second-order valence-electron chi connectivity index (χ2n) is 5.40. The Morgan fingerprint density at radius 1 is 1.05 bits per heavy atom. The van der Waals surface area contributed by atoms with E-state index in [1.54, 1.807) is 0 Å². The van der Waals surface area contributed by atoms with Gasteiger partial charge in [0.05, 0.1) is 12.7 Å². The Balaban J connectivity index is 2.05. The van der Waals surface area contributed by atoms with Crippen molar-refractivity contribution < 1.29 is 4.74 Å². The van der Waals surface area contributed by atoms with E-state index in [1.165, 1.54) is 11.1 Å². The fraction of sp³-hybridized carbons (Fsp3) is 0.333. The Kier molecular flexibility index (Phi) is 6.43. The van der Waals surface area contributed by atoms with Gasteiger partial charge in [0.1, 0.15) is 0 Å². The van der Waals surface area contributed by atoms with Crippen LogP contribution in [-0.2, 0) is 11.3 Å². The van der Waals surface area contributed by atoms with E-state index in [1.807, 2.05) is 30.3 Å². The molecule has 2 rings (SSSR count). The number of benzene rings is 2. The van der Waals surface area contributed by atoms with Crippen molar-refractivity contribution in [2.45, 2.75) is 32.6 Å². The summed E-state index contributed by atoms with van der Waals surface area (Å²) in [5, 5.41) is 3.46. The molecule has 0 amide bonds. The van der Waals surface area contributed by atoms with Gasteiger partial charge in [-0.3, -0.25) is 0 Å². The number of nitrogens with one attached hydrogen (secondary N) is 1. The van der Waals surface area contributed by atoms with Crippen LogP contribution in [0.15, 0.2) is 59.1 Å². The van der Waals surface area contributed by atoms with E-state index in [9.17, 15) is 0 Å². The van der Waals surface area contributed by atoms with Gasteiger partial charge in [0, 0.05) is 17.1 Å². The average molecular weight is 348 g/mol. The quantitative estimate of drug-likeness (QED) is 0.783. The minimum Gasteiger partial charge on any atom is -0.368 e. The SMILES string of the molecule is CC(C)NCC(OCc1ccccc1)c1cccc(Br)c1. The summed E-state index contributed by atoms with van der Waals surface area (Å²) in [6.45, 7) is 5.73. The van der Waals surface area contributed by atoms with Crippen molar-refractivity contribution in [2.24, 2.45) is 0 Å². The van der Waals surface area contributed by atoms with Crippen molar-refractivity contribution >= 4 is 15.9 Å². The van der Waals surface area contributed by atoms with Crippen LogP contribution in [0.1, 0.15) is 31.1 Å². The first-order chi connectivity index (χ1) is 10.1. The largest absolute Gasteiger partial charge is 0.368 e. The Bertz CT molecular complexity index is 542. The summed E-state index contributed by atoms with van der Waals surface area (Å²) in [7, 11) is 0. The molecule has 1 N–H and O–H groups in total. The van der Waals surface area contributed by atoms with Crippen LogP contribution in [0.3, 0.4) is 0 Å². The summed E-state index contributed by atoms with van der Waals surface area (Å²) < 4.78 is 7.22. The monoisotopic (exact) mass is 347 g/mol. The van der Waals surface area contributed by atoms with Crippen LogP contribution in [0.2, 0.25) is 0 Å². The van der Waals surface area contributed by atoms with Gasteiger partial charge in [-0.2, -0.15) is 0 Å². The van der Waals surface area contributed by atoms with Gasteiger partial charge in [0.25, 0.3) is 0 Å². The van der Waals surface area contributed by atoms with Crippen LogP contribution < -0.4 is 5.32 Å². The van der Waals surface area contributed by atoms with Crippen molar-refractivity contribution in [1.29, 1.82) is 0 Å². The summed E-state index contributed by atoms with van der Waals surface area (Å²) in [5.74, 6) is 0. The van der Waals surface area contributed by atoms with Gasteiger partial charge < -0.3 is 10.1 Å². The molecule has 0 aliphatic rings. The van der Waals surface area contributed by atoms with Gasteiger partial charge in [-0.25, -0.2) is 0 Å². The molecule has 0 saturated heterocycles. The molecule has 2 nitrogen and oxygen atoms in total. The Morgan fingerprint density at radius 2 is 1.81 bits per heavy atom. The molecule has 112 valence electrons. The second-order valence-corrected chi connectivity index (χ2v) is 6.32.